The van der Waals surface area contributed by atoms with Crippen LogP contribution in [0.1, 0.15) is 32.6 Å². The Morgan fingerprint density at radius 3 is 1.65 bits per heavy atom. The lowest BCUT2D eigenvalue weighted by molar-refractivity contribution is 0.0693. The Kier molecular flexibility index (Phi) is 7.55. The average molecular weight is 421 g/mol. The van der Waals surface area contributed by atoms with E-state index in [4.69, 9.17) is 14.2 Å². The number of ether oxygens (including phenoxy) is 3. The highest BCUT2D eigenvalue weighted by molar-refractivity contribution is 5.91. The molecule has 0 aliphatic rings. The monoisotopic (exact) mass is 420 g/mol. The number of aromatic carboxylic acids is 1. The van der Waals surface area contributed by atoms with Crippen LogP contribution in [-0.4, -0.2) is 32.4 Å². The number of carboxylic acid groups (broad SMARTS) is 1. The molecule has 0 bridgehead atoms. The van der Waals surface area contributed by atoms with Gasteiger partial charge in [-0.2, -0.15) is 0 Å². The van der Waals surface area contributed by atoms with E-state index in [1.165, 1.54) is 23.8 Å². The summed E-state index contributed by atoms with van der Waals surface area (Å²) in [6.07, 6.45) is 3.54. The molecule has 0 saturated heterocycles. The van der Waals surface area contributed by atoms with Crippen LogP contribution in [0.2, 0.25) is 0 Å². The zero-order chi connectivity index (χ0) is 22.2. The summed E-state index contributed by atoms with van der Waals surface area (Å²) in [5.74, 6) is 0.901. The highest BCUT2D eigenvalue weighted by atomic mass is 16.5. The number of hydrogen-bond donors (Lipinski definition) is 1. The van der Waals surface area contributed by atoms with Crippen molar-refractivity contribution in [1.82, 2.24) is 0 Å². The van der Waals surface area contributed by atoms with Gasteiger partial charge >= 0.3 is 5.97 Å². The maximum absolute atomic E-state index is 11.2. The van der Waals surface area contributed by atoms with E-state index >= 15 is 0 Å². The molecule has 31 heavy (non-hydrogen) atoms. The third-order valence-corrected chi connectivity index (χ3v) is 5.34. The van der Waals surface area contributed by atoms with Gasteiger partial charge in [-0.05, 0) is 72.2 Å². The summed E-state index contributed by atoms with van der Waals surface area (Å²) in [5, 5.41) is 9.22. The number of aryl methyl sites for hydroxylation is 4. The molecule has 5 nitrogen and oxygen atoms in total. The van der Waals surface area contributed by atoms with Gasteiger partial charge in [0.1, 0.15) is 11.3 Å². The summed E-state index contributed by atoms with van der Waals surface area (Å²) < 4.78 is 15.9. The van der Waals surface area contributed by atoms with Gasteiger partial charge in [0.25, 0.3) is 0 Å². The van der Waals surface area contributed by atoms with Gasteiger partial charge in [0.15, 0.2) is 11.5 Å². The summed E-state index contributed by atoms with van der Waals surface area (Å²) in [4.78, 5) is 11.2. The van der Waals surface area contributed by atoms with Crippen molar-refractivity contribution in [2.45, 2.75) is 25.7 Å². The molecule has 0 radical (unpaired) electrons. The second-order valence-corrected chi connectivity index (χ2v) is 7.35. The zero-order valence-electron chi connectivity index (χ0n) is 18.2. The van der Waals surface area contributed by atoms with Crippen LogP contribution in [0, 0.1) is 0 Å². The second kappa shape index (κ2) is 10.5. The molecule has 0 aliphatic carbocycles. The Labute approximate surface area is 183 Å². The fourth-order valence-electron chi connectivity index (χ4n) is 3.62. The normalized spacial score (nSPS) is 10.5. The number of methoxy groups -OCH3 is 3. The lowest BCUT2D eigenvalue weighted by Crippen LogP contribution is -2.02. The van der Waals surface area contributed by atoms with Gasteiger partial charge in [-0.1, -0.05) is 36.4 Å². The summed E-state index contributed by atoms with van der Waals surface area (Å²) in [7, 11) is 4.78. The minimum absolute atomic E-state index is 0.184. The van der Waals surface area contributed by atoms with Gasteiger partial charge in [-0.3, -0.25) is 0 Å². The molecule has 0 saturated carbocycles. The van der Waals surface area contributed by atoms with Crippen molar-refractivity contribution < 1.29 is 24.1 Å². The molecule has 3 rings (SSSR count). The van der Waals surface area contributed by atoms with E-state index in [9.17, 15) is 9.90 Å². The van der Waals surface area contributed by atoms with Gasteiger partial charge in [0.2, 0.25) is 0 Å². The molecular weight excluding hydrogens is 392 g/mol. The van der Waals surface area contributed by atoms with Gasteiger partial charge in [-0.15, -0.1) is 0 Å². The first-order valence-corrected chi connectivity index (χ1v) is 10.2. The van der Waals surface area contributed by atoms with Gasteiger partial charge in [0.05, 0.1) is 21.3 Å². The standard InChI is InChI=1S/C26H28O5/c1-29-23-14-12-21(17-25(23)31-3)10-8-19-6-4-5-18(15-19)7-9-20-11-13-22(26(27)28)24(16-20)30-2/h4-6,11-17H,7-10H2,1-3H3,(H,27,28). The van der Waals surface area contributed by atoms with E-state index in [-0.39, 0.29) is 5.56 Å². The maximum Gasteiger partial charge on any atom is 0.339 e. The lowest BCUT2D eigenvalue weighted by atomic mass is 9.98. The van der Waals surface area contributed by atoms with Crippen LogP contribution in [0.3, 0.4) is 0 Å². The van der Waals surface area contributed by atoms with Gasteiger partial charge in [-0.25, -0.2) is 4.79 Å². The van der Waals surface area contributed by atoms with Crippen LogP contribution in [0.5, 0.6) is 17.2 Å². The van der Waals surface area contributed by atoms with Crippen molar-refractivity contribution in [2.75, 3.05) is 21.3 Å². The quantitative estimate of drug-likeness (QED) is 0.501. The molecule has 0 atom stereocenters. The molecule has 3 aromatic rings. The second-order valence-electron chi connectivity index (χ2n) is 7.35. The van der Waals surface area contributed by atoms with Crippen molar-refractivity contribution in [2.24, 2.45) is 0 Å². The Morgan fingerprint density at radius 1 is 0.645 bits per heavy atom. The summed E-state index contributed by atoms with van der Waals surface area (Å²) >= 11 is 0. The maximum atomic E-state index is 11.2. The van der Waals surface area contributed by atoms with Gasteiger partial charge in [0, 0.05) is 0 Å². The van der Waals surface area contributed by atoms with E-state index in [0.29, 0.717) is 5.75 Å². The SMILES string of the molecule is COc1ccc(CCc2cccc(CCc3ccc(C(=O)O)c(OC)c3)c2)cc1OC. The van der Waals surface area contributed by atoms with Crippen LogP contribution >= 0.6 is 0 Å². The summed E-state index contributed by atoms with van der Waals surface area (Å²) in [6, 6.07) is 19.9. The fourth-order valence-corrected chi connectivity index (χ4v) is 3.62. The highest BCUT2D eigenvalue weighted by Crippen LogP contribution is 2.28. The molecule has 0 heterocycles. The Bertz CT molecular complexity index is 1040. The first-order chi connectivity index (χ1) is 15.0. The molecule has 0 aromatic heterocycles. The number of carbonyl (C=O) groups is 1. The van der Waals surface area contributed by atoms with Crippen molar-refractivity contribution >= 4 is 5.97 Å². The largest absolute Gasteiger partial charge is 0.496 e. The minimum Gasteiger partial charge on any atom is -0.496 e. The Hall–Kier alpha value is -3.47. The van der Waals surface area contributed by atoms with Crippen LogP contribution < -0.4 is 14.2 Å². The van der Waals surface area contributed by atoms with Gasteiger partial charge < -0.3 is 19.3 Å². The predicted octanol–water partition coefficient (Wildman–Crippen LogP) is 4.98. The Balaban J connectivity index is 1.62. The number of benzene rings is 3. The van der Waals surface area contributed by atoms with E-state index in [0.717, 1.165) is 42.7 Å². The molecule has 0 aliphatic heterocycles. The number of carboxylic acids is 1. The molecule has 0 fully saturated rings. The minimum atomic E-state index is -0.981. The summed E-state index contributed by atoms with van der Waals surface area (Å²) in [6.45, 7) is 0. The van der Waals surface area contributed by atoms with Crippen molar-refractivity contribution in [3.8, 4) is 17.2 Å². The van der Waals surface area contributed by atoms with Crippen molar-refractivity contribution in [3.05, 3.63) is 88.5 Å². The molecule has 5 heteroatoms. The van der Waals surface area contributed by atoms with E-state index in [1.807, 2.05) is 24.3 Å². The smallest absolute Gasteiger partial charge is 0.339 e. The first kappa shape index (κ1) is 22.2. The fraction of sp³-hybridized carbons (Fsp3) is 0.269. The number of rotatable bonds is 10. The number of hydrogen-bond acceptors (Lipinski definition) is 4. The topological polar surface area (TPSA) is 65.0 Å². The summed E-state index contributed by atoms with van der Waals surface area (Å²) in [5.41, 5.74) is 4.98. The average Bonchev–Trinajstić information content (AvgIpc) is 2.81. The van der Waals surface area contributed by atoms with Crippen molar-refractivity contribution in [1.29, 1.82) is 0 Å². The van der Waals surface area contributed by atoms with E-state index in [2.05, 4.69) is 30.3 Å². The molecule has 0 spiro atoms. The molecule has 1 N–H and O–H groups in total. The van der Waals surface area contributed by atoms with Crippen molar-refractivity contribution in [3.63, 3.8) is 0 Å². The van der Waals surface area contributed by atoms with Crippen LogP contribution in [0.4, 0.5) is 0 Å². The zero-order valence-corrected chi connectivity index (χ0v) is 18.2. The highest BCUT2D eigenvalue weighted by Gasteiger charge is 2.11. The molecule has 0 unspecified atom stereocenters. The Morgan fingerprint density at radius 2 is 1.13 bits per heavy atom. The van der Waals surface area contributed by atoms with E-state index in [1.54, 1.807) is 20.3 Å². The molecular formula is C26H28O5. The van der Waals surface area contributed by atoms with Crippen LogP contribution in [0.15, 0.2) is 60.7 Å². The molecule has 0 amide bonds. The third-order valence-electron chi connectivity index (χ3n) is 5.34. The lowest BCUT2D eigenvalue weighted by Gasteiger charge is -2.10. The molecule has 162 valence electrons. The first-order valence-electron chi connectivity index (χ1n) is 10.2. The van der Waals surface area contributed by atoms with Crippen LogP contribution in [-0.2, 0) is 25.7 Å². The molecule has 3 aromatic carbocycles. The van der Waals surface area contributed by atoms with E-state index < -0.39 is 5.97 Å². The third kappa shape index (κ3) is 5.79. The predicted molar refractivity (Wildman–Crippen MR) is 121 cm³/mol. The van der Waals surface area contributed by atoms with Crippen LogP contribution in [0.25, 0.3) is 0 Å².